The monoisotopic (exact) mass is 249 g/mol. The molecule has 3 rings (SSSR count). The predicted molar refractivity (Wildman–Crippen MR) is 65.5 cm³/mol. The van der Waals surface area contributed by atoms with Crippen LogP contribution in [-0.2, 0) is 18.7 Å². The zero-order valence-electron chi connectivity index (χ0n) is 9.50. The highest BCUT2D eigenvalue weighted by Crippen LogP contribution is 2.37. The Balaban J connectivity index is 2.14. The minimum absolute atomic E-state index is 0.407. The van der Waals surface area contributed by atoms with Crippen molar-refractivity contribution in [3.05, 3.63) is 35.0 Å². The van der Waals surface area contributed by atoms with Gasteiger partial charge in [0.1, 0.15) is 11.4 Å². The summed E-state index contributed by atoms with van der Waals surface area (Å²) < 4.78 is 10.6. The predicted octanol–water partition coefficient (Wildman–Crippen LogP) is 3.19. The van der Waals surface area contributed by atoms with E-state index in [0.717, 1.165) is 41.2 Å². The zero-order chi connectivity index (χ0) is 11.8. The molecule has 0 saturated heterocycles. The first-order chi connectivity index (χ1) is 8.33. The van der Waals surface area contributed by atoms with Gasteiger partial charge >= 0.3 is 0 Å². The fourth-order valence-electron chi connectivity index (χ4n) is 2.30. The lowest BCUT2D eigenvalue weighted by Gasteiger charge is -2.15. The second-order valence-electron chi connectivity index (χ2n) is 4.09. The summed E-state index contributed by atoms with van der Waals surface area (Å²) in [5, 5.41) is 4.02. The highest BCUT2D eigenvalue weighted by molar-refractivity contribution is 6.17. The summed E-state index contributed by atoms with van der Waals surface area (Å²) in [4.78, 5) is 0. The third-order valence-electron chi connectivity index (χ3n) is 3.20. The van der Waals surface area contributed by atoms with E-state index in [-0.39, 0.29) is 0 Å². The summed E-state index contributed by atoms with van der Waals surface area (Å²) in [5.41, 5.74) is 4.37. The minimum Gasteiger partial charge on any atom is -0.497 e. The number of hydrogen-bond donors (Lipinski definition) is 0. The lowest BCUT2D eigenvalue weighted by atomic mass is 9.89. The summed E-state index contributed by atoms with van der Waals surface area (Å²) >= 11 is 5.84. The SMILES string of the molecule is COc1ccc2c(c1)CCc1c(CCl)noc1-2. The molecule has 17 heavy (non-hydrogen) atoms. The van der Waals surface area contributed by atoms with Gasteiger partial charge in [-0.25, -0.2) is 0 Å². The van der Waals surface area contributed by atoms with E-state index in [0.29, 0.717) is 5.88 Å². The molecule has 0 amide bonds. The van der Waals surface area contributed by atoms with Gasteiger partial charge in [-0.05, 0) is 36.6 Å². The number of nitrogens with zero attached hydrogens (tertiary/aromatic N) is 1. The number of ether oxygens (including phenoxy) is 1. The minimum atomic E-state index is 0.407. The zero-order valence-corrected chi connectivity index (χ0v) is 10.3. The smallest absolute Gasteiger partial charge is 0.170 e. The van der Waals surface area contributed by atoms with Gasteiger partial charge in [-0.15, -0.1) is 11.6 Å². The van der Waals surface area contributed by atoms with Gasteiger partial charge in [-0.2, -0.15) is 0 Å². The lowest BCUT2D eigenvalue weighted by Crippen LogP contribution is -2.03. The molecule has 0 saturated carbocycles. The van der Waals surface area contributed by atoms with Crippen molar-refractivity contribution in [2.45, 2.75) is 18.7 Å². The Morgan fingerprint density at radius 1 is 1.41 bits per heavy atom. The van der Waals surface area contributed by atoms with Crippen molar-refractivity contribution >= 4 is 11.6 Å². The molecule has 1 aliphatic carbocycles. The topological polar surface area (TPSA) is 35.3 Å². The molecular weight excluding hydrogens is 238 g/mol. The van der Waals surface area contributed by atoms with E-state index in [1.807, 2.05) is 12.1 Å². The molecule has 0 bridgehead atoms. The van der Waals surface area contributed by atoms with Crippen LogP contribution in [0.3, 0.4) is 0 Å². The molecule has 0 fully saturated rings. The number of methoxy groups -OCH3 is 1. The van der Waals surface area contributed by atoms with Gasteiger partial charge in [0.25, 0.3) is 0 Å². The highest BCUT2D eigenvalue weighted by atomic mass is 35.5. The Labute approximate surface area is 104 Å². The van der Waals surface area contributed by atoms with Gasteiger partial charge in [0, 0.05) is 11.1 Å². The van der Waals surface area contributed by atoms with Crippen LogP contribution in [0, 0.1) is 0 Å². The molecule has 0 aliphatic heterocycles. The van der Waals surface area contributed by atoms with Crippen molar-refractivity contribution in [3.63, 3.8) is 0 Å². The van der Waals surface area contributed by atoms with Crippen LogP contribution in [0.2, 0.25) is 0 Å². The summed E-state index contributed by atoms with van der Waals surface area (Å²) in [6, 6.07) is 6.02. The third kappa shape index (κ3) is 1.62. The van der Waals surface area contributed by atoms with Gasteiger partial charge in [0.15, 0.2) is 5.76 Å². The van der Waals surface area contributed by atoms with Crippen LogP contribution in [0.1, 0.15) is 16.8 Å². The van der Waals surface area contributed by atoms with Gasteiger partial charge in [-0.3, -0.25) is 0 Å². The molecule has 88 valence electrons. The molecule has 4 heteroatoms. The average molecular weight is 250 g/mol. The molecule has 1 aromatic carbocycles. The van der Waals surface area contributed by atoms with Crippen LogP contribution < -0.4 is 4.74 Å². The van der Waals surface area contributed by atoms with E-state index in [9.17, 15) is 0 Å². The Morgan fingerprint density at radius 3 is 3.06 bits per heavy atom. The van der Waals surface area contributed by atoms with Gasteiger partial charge in [-0.1, -0.05) is 5.16 Å². The van der Waals surface area contributed by atoms with Gasteiger partial charge in [0.05, 0.1) is 13.0 Å². The Kier molecular flexibility index (Phi) is 2.56. The highest BCUT2D eigenvalue weighted by Gasteiger charge is 2.23. The van der Waals surface area contributed by atoms with Gasteiger partial charge < -0.3 is 9.26 Å². The first-order valence-electron chi connectivity index (χ1n) is 5.54. The second kappa shape index (κ2) is 4.08. The molecule has 3 nitrogen and oxygen atoms in total. The number of rotatable bonds is 2. The van der Waals surface area contributed by atoms with Crippen LogP contribution in [0.25, 0.3) is 11.3 Å². The lowest BCUT2D eigenvalue weighted by molar-refractivity contribution is 0.413. The summed E-state index contributed by atoms with van der Waals surface area (Å²) in [6.07, 6.45) is 1.91. The van der Waals surface area contributed by atoms with Crippen LogP contribution in [-0.4, -0.2) is 12.3 Å². The Bertz CT molecular complexity index is 563. The van der Waals surface area contributed by atoms with E-state index in [2.05, 4.69) is 11.2 Å². The molecule has 1 aromatic heterocycles. The van der Waals surface area contributed by atoms with Crippen molar-refractivity contribution in [2.24, 2.45) is 0 Å². The number of fused-ring (bicyclic) bond motifs is 3. The van der Waals surface area contributed by atoms with Crippen molar-refractivity contribution < 1.29 is 9.26 Å². The van der Waals surface area contributed by atoms with Crippen LogP contribution in [0.4, 0.5) is 0 Å². The molecule has 1 aliphatic rings. The molecule has 0 atom stereocenters. The average Bonchev–Trinajstić information content (AvgIpc) is 2.81. The van der Waals surface area contributed by atoms with Crippen LogP contribution in [0.5, 0.6) is 5.75 Å². The summed E-state index contributed by atoms with van der Waals surface area (Å²) in [5.74, 6) is 2.15. The van der Waals surface area contributed by atoms with E-state index in [1.165, 1.54) is 5.56 Å². The van der Waals surface area contributed by atoms with E-state index >= 15 is 0 Å². The second-order valence-corrected chi connectivity index (χ2v) is 4.36. The molecule has 0 N–H and O–H groups in total. The third-order valence-corrected chi connectivity index (χ3v) is 3.45. The Morgan fingerprint density at radius 2 is 2.29 bits per heavy atom. The first-order valence-corrected chi connectivity index (χ1v) is 6.07. The van der Waals surface area contributed by atoms with Crippen LogP contribution in [0.15, 0.2) is 22.7 Å². The van der Waals surface area contributed by atoms with Crippen molar-refractivity contribution in [1.29, 1.82) is 0 Å². The normalized spacial score (nSPS) is 13.1. The largest absolute Gasteiger partial charge is 0.497 e. The Hall–Kier alpha value is -1.48. The summed E-state index contributed by atoms with van der Waals surface area (Å²) in [7, 11) is 1.68. The standard InChI is InChI=1S/C13H12ClNO2/c1-16-9-3-5-10-8(6-9)2-4-11-12(7-14)15-17-13(10)11/h3,5-6H,2,4,7H2,1H3. The van der Waals surface area contributed by atoms with E-state index in [4.69, 9.17) is 20.9 Å². The summed E-state index contributed by atoms with van der Waals surface area (Å²) in [6.45, 7) is 0. The van der Waals surface area contributed by atoms with Crippen molar-refractivity contribution in [3.8, 4) is 17.1 Å². The maximum absolute atomic E-state index is 5.84. The maximum atomic E-state index is 5.84. The molecule has 2 aromatic rings. The fourth-order valence-corrected chi connectivity index (χ4v) is 2.51. The number of aryl methyl sites for hydroxylation is 1. The molecule has 0 radical (unpaired) electrons. The first kappa shape index (κ1) is 10.7. The molecule has 1 heterocycles. The van der Waals surface area contributed by atoms with Crippen molar-refractivity contribution in [1.82, 2.24) is 5.16 Å². The fraction of sp³-hybridized carbons (Fsp3) is 0.308. The van der Waals surface area contributed by atoms with E-state index in [1.54, 1.807) is 7.11 Å². The van der Waals surface area contributed by atoms with E-state index < -0.39 is 0 Å². The van der Waals surface area contributed by atoms with Gasteiger partial charge in [0.2, 0.25) is 0 Å². The number of hydrogen-bond acceptors (Lipinski definition) is 3. The number of halogens is 1. The number of alkyl halides is 1. The maximum Gasteiger partial charge on any atom is 0.170 e. The molecule has 0 unspecified atom stereocenters. The molecule has 0 spiro atoms. The quantitative estimate of drug-likeness (QED) is 0.767. The number of aromatic nitrogens is 1. The van der Waals surface area contributed by atoms with Crippen LogP contribution >= 0.6 is 11.6 Å². The number of benzene rings is 1. The molecular formula is C13H12ClNO2. The van der Waals surface area contributed by atoms with Crippen molar-refractivity contribution in [2.75, 3.05) is 7.11 Å².